The first-order chi connectivity index (χ1) is 10.2. The maximum Gasteiger partial charge on any atom is 0.275 e. The number of aliphatic hydroxyl groups excluding tert-OH is 1. The standard InChI is InChI=1S/C15H17N3O3/c19-9-8-18(10-4-3-5-10)15(21)13-11-6-1-2-7-12(11)14(20)17-16-13/h1-2,6-7,10,19H,3-5,8-9H2,(H,17,20). The molecule has 0 radical (unpaired) electrons. The van der Waals surface area contributed by atoms with Crippen LogP contribution in [0.5, 0.6) is 0 Å². The predicted octanol–water partition coefficient (Wildman–Crippen LogP) is 0.910. The van der Waals surface area contributed by atoms with Crippen molar-refractivity contribution < 1.29 is 9.90 Å². The average molecular weight is 287 g/mol. The molecule has 1 aromatic carbocycles. The van der Waals surface area contributed by atoms with Crippen molar-refractivity contribution in [3.63, 3.8) is 0 Å². The summed E-state index contributed by atoms with van der Waals surface area (Å²) in [4.78, 5) is 26.2. The molecule has 1 saturated carbocycles. The molecule has 1 fully saturated rings. The van der Waals surface area contributed by atoms with Crippen LogP contribution in [0.4, 0.5) is 0 Å². The van der Waals surface area contributed by atoms with Gasteiger partial charge in [0.1, 0.15) is 0 Å². The number of fused-ring (bicyclic) bond motifs is 1. The molecule has 0 bridgehead atoms. The van der Waals surface area contributed by atoms with Crippen molar-refractivity contribution in [2.75, 3.05) is 13.2 Å². The van der Waals surface area contributed by atoms with Gasteiger partial charge in [-0.1, -0.05) is 18.2 Å². The molecule has 0 spiro atoms. The molecule has 6 heteroatoms. The highest BCUT2D eigenvalue weighted by atomic mass is 16.3. The minimum Gasteiger partial charge on any atom is -0.395 e. The third-order valence-corrected chi connectivity index (χ3v) is 4.02. The van der Waals surface area contributed by atoms with Crippen LogP contribution in [0.25, 0.3) is 10.8 Å². The lowest BCUT2D eigenvalue weighted by Crippen LogP contribution is -2.46. The van der Waals surface area contributed by atoms with Crippen LogP contribution in [0.2, 0.25) is 0 Å². The lowest BCUT2D eigenvalue weighted by molar-refractivity contribution is 0.0521. The van der Waals surface area contributed by atoms with Crippen molar-refractivity contribution in [1.82, 2.24) is 15.1 Å². The number of carbonyl (C=O) groups excluding carboxylic acids is 1. The van der Waals surface area contributed by atoms with Crippen LogP contribution in [0.1, 0.15) is 29.8 Å². The first-order valence-corrected chi connectivity index (χ1v) is 7.11. The van der Waals surface area contributed by atoms with Crippen molar-refractivity contribution >= 4 is 16.7 Å². The quantitative estimate of drug-likeness (QED) is 0.875. The first-order valence-electron chi connectivity index (χ1n) is 7.11. The minimum atomic E-state index is -0.306. The number of nitrogens with one attached hydrogen (secondary N) is 1. The fraction of sp³-hybridized carbons (Fsp3) is 0.400. The second-order valence-electron chi connectivity index (χ2n) is 5.25. The number of hydrogen-bond acceptors (Lipinski definition) is 4. The van der Waals surface area contributed by atoms with Crippen molar-refractivity contribution in [3.8, 4) is 0 Å². The second kappa shape index (κ2) is 5.65. The van der Waals surface area contributed by atoms with Gasteiger partial charge in [-0.3, -0.25) is 9.59 Å². The lowest BCUT2D eigenvalue weighted by atomic mass is 9.91. The zero-order chi connectivity index (χ0) is 14.8. The molecule has 0 saturated heterocycles. The van der Waals surface area contributed by atoms with Crippen LogP contribution >= 0.6 is 0 Å². The number of benzene rings is 1. The van der Waals surface area contributed by atoms with E-state index < -0.39 is 0 Å². The zero-order valence-corrected chi connectivity index (χ0v) is 11.6. The van der Waals surface area contributed by atoms with Crippen molar-refractivity contribution in [2.24, 2.45) is 0 Å². The Balaban J connectivity index is 2.04. The summed E-state index contributed by atoms with van der Waals surface area (Å²) in [6, 6.07) is 7.09. The van der Waals surface area contributed by atoms with Crippen molar-refractivity contribution in [3.05, 3.63) is 40.3 Å². The number of rotatable bonds is 4. The van der Waals surface area contributed by atoms with Crippen LogP contribution in [0.3, 0.4) is 0 Å². The van der Waals surface area contributed by atoms with E-state index in [0.29, 0.717) is 17.3 Å². The molecule has 2 N–H and O–H groups in total. The highest BCUT2D eigenvalue weighted by molar-refractivity contribution is 6.04. The molecule has 3 rings (SSSR count). The summed E-state index contributed by atoms with van der Waals surface area (Å²) < 4.78 is 0. The topological polar surface area (TPSA) is 86.3 Å². The molecule has 110 valence electrons. The Labute approximate surface area is 121 Å². The van der Waals surface area contributed by atoms with Crippen LogP contribution in [0, 0.1) is 0 Å². The molecule has 0 aliphatic heterocycles. The Morgan fingerprint density at radius 3 is 2.67 bits per heavy atom. The molecule has 1 aliphatic rings. The van der Waals surface area contributed by atoms with Gasteiger partial charge in [-0.2, -0.15) is 5.10 Å². The summed E-state index contributed by atoms with van der Waals surface area (Å²) in [5.74, 6) is -0.235. The highest BCUT2D eigenvalue weighted by Crippen LogP contribution is 2.26. The van der Waals surface area contributed by atoms with Crippen molar-refractivity contribution in [1.29, 1.82) is 0 Å². The van der Waals surface area contributed by atoms with Crippen LogP contribution < -0.4 is 5.56 Å². The second-order valence-corrected chi connectivity index (χ2v) is 5.25. The highest BCUT2D eigenvalue weighted by Gasteiger charge is 2.30. The monoisotopic (exact) mass is 287 g/mol. The molecule has 6 nitrogen and oxygen atoms in total. The maximum atomic E-state index is 12.7. The lowest BCUT2D eigenvalue weighted by Gasteiger charge is -2.37. The van der Waals surface area contributed by atoms with Gasteiger partial charge in [0, 0.05) is 18.0 Å². The summed E-state index contributed by atoms with van der Waals surface area (Å²) >= 11 is 0. The van der Waals surface area contributed by atoms with E-state index in [-0.39, 0.29) is 29.8 Å². The largest absolute Gasteiger partial charge is 0.395 e. The molecule has 1 aliphatic carbocycles. The van der Waals surface area contributed by atoms with Gasteiger partial charge in [0.15, 0.2) is 5.69 Å². The van der Waals surface area contributed by atoms with E-state index in [0.717, 1.165) is 19.3 Å². The van der Waals surface area contributed by atoms with Gasteiger partial charge in [-0.05, 0) is 25.3 Å². The van der Waals surface area contributed by atoms with E-state index in [4.69, 9.17) is 0 Å². The Kier molecular flexibility index (Phi) is 3.70. The maximum absolute atomic E-state index is 12.7. The summed E-state index contributed by atoms with van der Waals surface area (Å²) in [6.07, 6.45) is 3.00. The Bertz CT molecular complexity index is 721. The molecule has 0 atom stereocenters. The smallest absolute Gasteiger partial charge is 0.275 e. The molecular weight excluding hydrogens is 270 g/mol. The predicted molar refractivity (Wildman–Crippen MR) is 78.1 cm³/mol. The summed E-state index contributed by atoms with van der Waals surface area (Å²) in [5, 5.41) is 16.5. The Morgan fingerprint density at radius 2 is 2.05 bits per heavy atom. The molecule has 1 amide bonds. The van der Waals surface area contributed by atoms with Gasteiger partial charge in [-0.25, -0.2) is 5.10 Å². The fourth-order valence-corrected chi connectivity index (χ4v) is 2.67. The van der Waals surface area contributed by atoms with E-state index in [1.807, 2.05) is 0 Å². The SMILES string of the molecule is O=C(c1n[nH]c(=O)c2ccccc12)N(CCO)C1CCC1. The number of nitrogens with zero attached hydrogens (tertiary/aromatic N) is 2. The summed E-state index contributed by atoms with van der Waals surface area (Å²) in [6.45, 7) is 0.210. The average Bonchev–Trinajstić information content (AvgIpc) is 2.45. The van der Waals surface area contributed by atoms with Gasteiger partial charge in [0.05, 0.1) is 12.0 Å². The third-order valence-electron chi connectivity index (χ3n) is 4.02. The first kappa shape index (κ1) is 13.8. The van der Waals surface area contributed by atoms with Crippen LogP contribution in [-0.4, -0.2) is 45.3 Å². The molecule has 1 heterocycles. The van der Waals surface area contributed by atoms with Gasteiger partial charge in [0.25, 0.3) is 11.5 Å². The number of amides is 1. The molecule has 21 heavy (non-hydrogen) atoms. The number of H-pyrrole nitrogens is 1. The van der Waals surface area contributed by atoms with E-state index in [1.165, 1.54) is 0 Å². The summed E-state index contributed by atoms with van der Waals surface area (Å²) in [7, 11) is 0. The molecule has 1 aromatic heterocycles. The number of carbonyl (C=O) groups is 1. The van der Waals surface area contributed by atoms with Crippen LogP contribution in [-0.2, 0) is 0 Å². The number of hydrogen-bond donors (Lipinski definition) is 2. The molecule has 2 aromatic rings. The van der Waals surface area contributed by atoms with Gasteiger partial charge < -0.3 is 10.0 Å². The normalized spacial score (nSPS) is 14.9. The van der Waals surface area contributed by atoms with Gasteiger partial charge in [-0.15, -0.1) is 0 Å². The van der Waals surface area contributed by atoms with Gasteiger partial charge in [0.2, 0.25) is 0 Å². The number of aromatic nitrogens is 2. The van der Waals surface area contributed by atoms with E-state index in [1.54, 1.807) is 29.2 Å². The molecule has 0 unspecified atom stereocenters. The minimum absolute atomic E-state index is 0.0798. The van der Waals surface area contributed by atoms with Crippen LogP contribution in [0.15, 0.2) is 29.1 Å². The van der Waals surface area contributed by atoms with E-state index in [2.05, 4.69) is 10.2 Å². The Hall–Kier alpha value is -2.21. The van der Waals surface area contributed by atoms with E-state index >= 15 is 0 Å². The number of aromatic amines is 1. The summed E-state index contributed by atoms with van der Waals surface area (Å²) in [5.41, 5.74) is -0.0648. The fourth-order valence-electron chi connectivity index (χ4n) is 2.67. The van der Waals surface area contributed by atoms with Crippen molar-refractivity contribution in [2.45, 2.75) is 25.3 Å². The van der Waals surface area contributed by atoms with E-state index in [9.17, 15) is 14.7 Å². The van der Waals surface area contributed by atoms with Gasteiger partial charge >= 0.3 is 0 Å². The zero-order valence-electron chi connectivity index (χ0n) is 11.6. The third kappa shape index (κ3) is 2.42. The molecular formula is C15H17N3O3. The Morgan fingerprint density at radius 1 is 1.33 bits per heavy atom. The number of aliphatic hydroxyl groups is 1.